The van der Waals surface area contributed by atoms with E-state index in [1.165, 1.54) is 11.8 Å². The van der Waals surface area contributed by atoms with Crippen LogP contribution in [0.3, 0.4) is 0 Å². The zero-order valence-corrected chi connectivity index (χ0v) is 14.4. The lowest BCUT2D eigenvalue weighted by molar-refractivity contribution is 0.872. The molecule has 4 aromatic rings. The highest BCUT2D eigenvalue weighted by Gasteiger charge is 2.12. The van der Waals surface area contributed by atoms with Crippen molar-refractivity contribution in [1.82, 2.24) is 24.7 Å². The van der Waals surface area contributed by atoms with Gasteiger partial charge in [0.2, 0.25) is 0 Å². The van der Waals surface area contributed by atoms with E-state index in [0.717, 1.165) is 16.4 Å². The Bertz CT molecular complexity index is 1050. The third-order valence-corrected chi connectivity index (χ3v) is 5.17. The third-order valence-electron chi connectivity index (χ3n) is 3.44. The summed E-state index contributed by atoms with van der Waals surface area (Å²) in [6, 6.07) is 9.65. The molecule has 3 heterocycles. The summed E-state index contributed by atoms with van der Waals surface area (Å²) >= 11 is 3.07. The van der Waals surface area contributed by atoms with E-state index in [9.17, 15) is 4.79 Å². The second-order valence-electron chi connectivity index (χ2n) is 5.15. The van der Waals surface area contributed by atoms with Crippen molar-refractivity contribution in [2.24, 2.45) is 0 Å². The van der Waals surface area contributed by atoms with Crippen LogP contribution in [0.1, 0.15) is 10.7 Å². The van der Waals surface area contributed by atoms with Crippen molar-refractivity contribution in [1.29, 1.82) is 0 Å². The van der Waals surface area contributed by atoms with Gasteiger partial charge in [0.25, 0.3) is 5.56 Å². The van der Waals surface area contributed by atoms with Crippen LogP contribution in [0.5, 0.6) is 0 Å². The van der Waals surface area contributed by atoms with Crippen LogP contribution >= 0.6 is 23.1 Å². The molecule has 3 aromatic heterocycles. The Morgan fingerprint density at radius 1 is 1.25 bits per heavy atom. The maximum Gasteiger partial charge on any atom is 0.262 e. The molecular weight excluding hydrogens is 342 g/mol. The van der Waals surface area contributed by atoms with Gasteiger partial charge in [0.15, 0.2) is 10.8 Å². The van der Waals surface area contributed by atoms with Crippen LogP contribution in [0.4, 0.5) is 0 Å². The average molecular weight is 355 g/mol. The van der Waals surface area contributed by atoms with E-state index < -0.39 is 0 Å². The van der Waals surface area contributed by atoms with Crippen molar-refractivity contribution < 1.29 is 0 Å². The van der Waals surface area contributed by atoms with E-state index in [1.807, 2.05) is 42.6 Å². The molecule has 8 heteroatoms. The molecule has 0 aliphatic heterocycles. The molecule has 0 amide bonds. The summed E-state index contributed by atoms with van der Waals surface area (Å²) in [4.78, 5) is 24.1. The molecule has 0 radical (unpaired) electrons. The van der Waals surface area contributed by atoms with Crippen LogP contribution in [0.2, 0.25) is 0 Å². The van der Waals surface area contributed by atoms with Gasteiger partial charge in [0, 0.05) is 11.1 Å². The highest BCUT2D eigenvalue weighted by atomic mass is 32.2. The number of aromatic amines is 1. The summed E-state index contributed by atoms with van der Waals surface area (Å²) in [6.45, 7) is 1.98. The highest BCUT2D eigenvalue weighted by Crippen LogP contribution is 2.22. The van der Waals surface area contributed by atoms with Gasteiger partial charge in [-0.05, 0) is 19.1 Å². The first-order valence-electron chi connectivity index (χ1n) is 7.28. The summed E-state index contributed by atoms with van der Waals surface area (Å²) in [5.74, 6) is 0.665. The zero-order valence-electron chi connectivity index (χ0n) is 12.8. The fourth-order valence-corrected chi connectivity index (χ4v) is 3.81. The molecule has 0 saturated heterocycles. The maximum absolute atomic E-state index is 12.3. The fourth-order valence-electron chi connectivity index (χ4n) is 2.34. The lowest BCUT2D eigenvalue weighted by Crippen LogP contribution is -2.09. The van der Waals surface area contributed by atoms with E-state index in [4.69, 9.17) is 0 Å². The Morgan fingerprint density at radius 2 is 2.08 bits per heavy atom. The number of benzene rings is 1. The Hall–Kier alpha value is -2.45. The van der Waals surface area contributed by atoms with Gasteiger partial charge >= 0.3 is 0 Å². The predicted octanol–water partition coefficient (Wildman–Crippen LogP) is 3.17. The molecule has 0 fully saturated rings. The molecule has 1 aromatic carbocycles. The van der Waals surface area contributed by atoms with Crippen LogP contribution in [0, 0.1) is 6.92 Å². The first-order chi connectivity index (χ1) is 11.7. The number of nitrogens with one attached hydrogen (secondary N) is 1. The minimum atomic E-state index is -0.181. The number of aromatic nitrogens is 5. The first-order valence-corrected chi connectivity index (χ1v) is 9.14. The number of thiazole rings is 1. The summed E-state index contributed by atoms with van der Waals surface area (Å²) < 4.78 is 1.68. The van der Waals surface area contributed by atoms with Crippen LogP contribution in [0.15, 0.2) is 51.9 Å². The van der Waals surface area contributed by atoms with Gasteiger partial charge in [-0.25, -0.2) is 14.6 Å². The molecule has 0 bridgehead atoms. The lowest BCUT2D eigenvalue weighted by atomic mass is 10.3. The van der Waals surface area contributed by atoms with Crippen molar-refractivity contribution >= 4 is 34.1 Å². The molecular formula is C16H13N5OS2. The second-order valence-corrected chi connectivity index (χ2v) is 7.17. The van der Waals surface area contributed by atoms with Crippen molar-refractivity contribution in [3.63, 3.8) is 0 Å². The number of fused-ring (bicyclic) bond motifs is 1. The zero-order chi connectivity index (χ0) is 16.5. The molecule has 0 atom stereocenters. The lowest BCUT2D eigenvalue weighted by Gasteiger charge is -2.03. The number of rotatable bonds is 4. The molecule has 0 aliphatic rings. The van der Waals surface area contributed by atoms with Crippen molar-refractivity contribution in [3.05, 3.63) is 63.0 Å². The number of hydrogen-bond acceptors (Lipinski definition) is 6. The Morgan fingerprint density at radius 3 is 2.83 bits per heavy atom. The number of hydrogen-bond donors (Lipinski definition) is 1. The van der Waals surface area contributed by atoms with E-state index in [-0.39, 0.29) is 5.56 Å². The molecule has 0 spiro atoms. The van der Waals surface area contributed by atoms with Gasteiger partial charge in [-0.1, -0.05) is 30.0 Å². The van der Waals surface area contributed by atoms with E-state index in [0.29, 0.717) is 21.9 Å². The number of aryl methyl sites for hydroxylation is 1. The van der Waals surface area contributed by atoms with E-state index in [2.05, 4.69) is 20.1 Å². The molecule has 24 heavy (non-hydrogen) atoms. The topological polar surface area (TPSA) is 76.5 Å². The van der Waals surface area contributed by atoms with Gasteiger partial charge in [-0.15, -0.1) is 11.3 Å². The normalized spacial score (nSPS) is 11.2. The molecule has 0 saturated carbocycles. The van der Waals surface area contributed by atoms with Gasteiger partial charge in [0.1, 0.15) is 5.39 Å². The minimum absolute atomic E-state index is 0.181. The van der Waals surface area contributed by atoms with Crippen LogP contribution in [-0.2, 0) is 5.75 Å². The van der Waals surface area contributed by atoms with Crippen LogP contribution in [0.25, 0.3) is 16.7 Å². The Labute approximate surface area is 145 Å². The molecule has 4 rings (SSSR count). The standard InChI is InChI=1S/C16H13N5OS2/c1-10-18-11(8-23-10)9-24-16-19-14-13(15(22)20-16)7-17-21(14)12-5-3-2-4-6-12/h2-8H,9H2,1H3,(H,19,20,22). The number of H-pyrrole nitrogens is 1. The maximum atomic E-state index is 12.3. The summed E-state index contributed by atoms with van der Waals surface area (Å²) in [6.07, 6.45) is 1.55. The highest BCUT2D eigenvalue weighted by molar-refractivity contribution is 7.98. The molecule has 1 N–H and O–H groups in total. The fraction of sp³-hybridized carbons (Fsp3) is 0.125. The number of para-hydroxylation sites is 1. The quantitative estimate of drug-likeness (QED) is 0.449. The summed E-state index contributed by atoms with van der Waals surface area (Å²) in [7, 11) is 0. The first kappa shape index (κ1) is 15.1. The minimum Gasteiger partial charge on any atom is -0.301 e. The van der Waals surface area contributed by atoms with Gasteiger partial charge in [-0.3, -0.25) is 4.79 Å². The molecule has 0 unspecified atom stereocenters. The molecule has 0 aliphatic carbocycles. The Balaban J connectivity index is 1.71. The van der Waals surface area contributed by atoms with E-state index in [1.54, 1.807) is 22.2 Å². The SMILES string of the molecule is Cc1nc(CSc2nc3c(cnn3-c3ccccc3)c(=O)[nH]2)cs1. The summed E-state index contributed by atoms with van der Waals surface area (Å²) in [5.41, 5.74) is 2.24. The van der Waals surface area contributed by atoms with Crippen LogP contribution in [-0.4, -0.2) is 24.7 Å². The number of thioether (sulfide) groups is 1. The molecule has 6 nitrogen and oxygen atoms in total. The smallest absolute Gasteiger partial charge is 0.262 e. The van der Waals surface area contributed by atoms with Gasteiger partial charge in [-0.2, -0.15) is 5.10 Å². The monoisotopic (exact) mass is 355 g/mol. The van der Waals surface area contributed by atoms with Crippen molar-refractivity contribution in [3.8, 4) is 5.69 Å². The van der Waals surface area contributed by atoms with Gasteiger partial charge in [0.05, 0.1) is 22.6 Å². The van der Waals surface area contributed by atoms with Gasteiger partial charge < -0.3 is 4.98 Å². The largest absolute Gasteiger partial charge is 0.301 e. The predicted molar refractivity (Wildman–Crippen MR) is 95.9 cm³/mol. The van der Waals surface area contributed by atoms with Crippen molar-refractivity contribution in [2.75, 3.05) is 0 Å². The van der Waals surface area contributed by atoms with E-state index >= 15 is 0 Å². The second kappa shape index (κ2) is 6.21. The van der Waals surface area contributed by atoms with Crippen LogP contribution < -0.4 is 5.56 Å². The third kappa shape index (κ3) is 2.85. The Kier molecular flexibility index (Phi) is 3.91. The van der Waals surface area contributed by atoms with Crippen molar-refractivity contribution in [2.45, 2.75) is 17.8 Å². The molecule has 120 valence electrons. The average Bonchev–Trinajstić information content (AvgIpc) is 3.20. The number of nitrogens with zero attached hydrogens (tertiary/aromatic N) is 4. The summed E-state index contributed by atoms with van der Waals surface area (Å²) in [5, 5.41) is 8.40.